The number of fused-ring (bicyclic) bond motifs is 1. The molecule has 0 aromatic carbocycles. The van der Waals surface area contributed by atoms with E-state index >= 15 is 0 Å². The first-order chi connectivity index (χ1) is 8.09. The van der Waals surface area contributed by atoms with Gasteiger partial charge in [0.25, 0.3) is 0 Å². The zero-order valence-electron chi connectivity index (χ0n) is 9.68. The van der Waals surface area contributed by atoms with E-state index < -0.39 is 23.7 Å². The normalized spacial score (nSPS) is 30.6. The van der Waals surface area contributed by atoms with E-state index in [-0.39, 0.29) is 11.8 Å². The number of nitrogens with zero attached hydrogens (tertiary/aromatic N) is 1. The fraction of sp³-hybridized carbons (Fsp3) is 0.727. The molecule has 2 amide bonds. The Morgan fingerprint density at radius 1 is 1.29 bits per heavy atom. The van der Waals surface area contributed by atoms with Gasteiger partial charge < -0.3 is 10.4 Å². The van der Waals surface area contributed by atoms with Crippen LogP contribution in [0.5, 0.6) is 0 Å². The van der Waals surface area contributed by atoms with Gasteiger partial charge in [-0.15, -0.1) is 0 Å². The Kier molecular flexibility index (Phi) is 3.15. The van der Waals surface area contributed by atoms with Gasteiger partial charge >= 0.3 is 5.97 Å². The predicted molar refractivity (Wildman–Crippen MR) is 58.0 cm³/mol. The van der Waals surface area contributed by atoms with Crippen LogP contribution >= 0.6 is 0 Å². The number of unbranched alkanes of at least 4 members (excludes halogenated alkanes) is 1. The molecule has 1 aliphatic heterocycles. The number of hydrogen-bond acceptors (Lipinski definition) is 4. The SMILES string of the molecule is CNCCCCN1C(=O)C2C(C(=O)O)C2C1=O. The van der Waals surface area contributed by atoms with Gasteiger partial charge in [0.05, 0.1) is 17.8 Å². The summed E-state index contributed by atoms with van der Waals surface area (Å²) >= 11 is 0. The van der Waals surface area contributed by atoms with Gasteiger partial charge in [-0.1, -0.05) is 0 Å². The molecule has 2 rings (SSSR count). The van der Waals surface area contributed by atoms with Gasteiger partial charge in [0.1, 0.15) is 0 Å². The van der Waals surface area contributed by atoms with Crippen molar-refractivity contribution < 1.29 is 19.5 Å². The van der Waals surface area contributed by atoms with Gasteiger partial charge in [0, 0.05) is 6.54 Å². The van der Waals surface area contributed by atoms with Crippen molar-refractivity contribution in [1.82, 2.24) is 10.2 Å². The number of rotatable bonds is 6. The van der Waals surface area contributed by atoms with Crippen molar-refractivity contribution in [3.05, 3.63) is 0 Å². The van der Waals surface area contributed by atoms with E-state index in [1.54, 1.807) is 0 Å². The van der Waals surface area contributed by atoms with Gasteiger partial charge in [-0.2, -0.15) is 0 Å². The summed E-state index contributed by atoms with van der Waals surface area (Å²) in [5, 5.41) is 11.8. The van der Waals surface area contributed by atoms with E-state index in [9.17, 15) is 14.4 Å². The smallest absolute Gasteiger partial charge is 0.308 e. The molecule has 0 aromatic rings. The molecule has 0 bridgehead atoms. The molecular formula is C11H16N2O4. The molecule has 2 unspecified atom stereocenters. The number of amides is 2. The highest BCUT2D eigenvalue weighted by Crippen LogP contribution is 2.53. The van der Waals surface area contributed by atoms with E-state index in [1.807, 2.05) is 7.05 Å². The quantitative estimate of drug-likeness (QED) is 0.473. The third-order valence-corrected chi connectivity index (χ3v) is 3.47. The number of piperidine rings is 1. The van der Waals surface area contributed by atoms with Crippen molar-refractivity contribution in [2.45, 2.75) is 12.8 Å². The number of carbonyl (C=O) groups excluding carboxylic acids is 2. The molecule has 0 spiro atoms. The lowest BCUT2D eigenvalue weighted by Crippen LogP contribution is -2.36. The molecular weight excluding hydrogens is 224 g/mol. The number of imide groups is 1. The van der Waals surface area contributed by atoms with Crippen LogP contribution in [-0.4, -0.2) is 47.9 Å². The lowest BCUT2D eigenvalue weighted by molar-refractivity contribution is -0.148. The minimum atomic E-state index is -1.03. The van der Waals surface area contributed by atoms with Gasteiger partial charge in [-0.3, -0.25) is 19.3 Å². The zero-order valence-corrected chi connectivity index (χ0v) is 9.68. The standard InChI is InChI=1S/C11H16N2O4/c1-12-4-2-3-5-13-9(14)6-7(10(13)15)8(6)11(16)17/h6-8,12H,2-5H2,1H3,(H,16,17). The lowest BCUT2D eigenvalue weighted by Gasteiger charge is -2.17. The summed E-state index contributed by atoms with van der Waals surface area (Å²) in [5.41, 5.74) is 0. The van der Waals surface area contributed by atoms with Gasteiger partial charge in [-0.25, -0.2) is 0 Å². The van der Waals surface area contributed by atoms with E-state index in [1.165, 1.54) is 4.90 Å². The highest BCUT2D eigenvalue weighted by molar-refractivity contribution is 6.13. The summed E-state index contributed by atoms with van der Waals surface area (Å²) in [6.07, 6.45) is 1.65. The van der Waals surface area contributed by atoms with Crippen molar-refractivity contribution in [1.29, 1.82) is 0 Å². The first-order valence-corrected chi connectivity index (χ1v) is 5.82. The van der Waals surface area contributed by atoms with E-state index in [0.29, 0.717) is 6.54 Å². The maximum atomic E-state index is 11.8. The van der Waals surface area contributed by atoms with Crippen LogP contribution in [-0.2, 0) is 14.4 Å². The first kappa shape index (κ1) is 12.0. The highest BCUT2D eigenvalue weighted by atomic mass is 16.4. The van der Waals surface area contributed by atoms with Crippen LogP contribution in [0.2, 0.25) is 0 Å². The molecule has 1 heterocycles. The number of nitrogens with one attached hydrogen (secondary N) is 1. The zero-order chi connectivity index (χ0) is 12.6. The molecule has 2 fully saturated rings. The largest absolute Gasteiger partial charge is 0.481 e. The van der Waals surface area contributed by atoms with Crippen LogP contribution < -0.4 is 5.32 Å². The Hall–Kier alpha value is -1.43. The summed E-state index contributed by atoms with van der Waals surface area (Å²) in [7, 11) is 1.85. The van der Waals surface area contributed by atoms with E-state index in [2.05, 4.69) is 5.32 Å². The Labute approximate surface area is 99.0 Å². The number of carboxylic acid groups (broad SMARTS) is 1. The molecule has 17 heavy (non-hydrogen) atoms. The molecule has 2 aliphatic rings. The topological polar surface area (TPSA) is 86.7 Å². The minimum Gasteiger partial charge on any atom is -0.481 e. The maximum absolute atomic E-state index is 11.8. The summed E-state index contributed by atoms with van der Waals surface area (Å²) in [5.74, 6) is -3.54. The molecule has 1 saturated heterocycles. The highest BCUT2D eigenvalue weighted by Gasteiger charge is 2.70. The van der Waals surface area contributed by atoms with Crippen molar-refractivity contribution in [2.75, 3.05) is 20.1 Å². The maximum Gasteiger partial charge on any atom is 0.308 e. The lowest BCUT2D eigenvalue weighted by atomic mass is 10.2. The third kappa shape index (κ3) is 1.93. The molecule has 2 atom stereocenters. The Morgan fingerprint density at radius 2 is 1.88 bits per heavy atom. The molecule has 1 saturated carbocycles. The van der Waals surface area contributed by atoms with Gasteiger partial charge in [0.15, 0.2) is 0 Å². The number of hydrogen-bond donors (Lipinski definition) is 2. The monoisotopic (exact) mass is 240 g/mol. The number of aliphatic carboxylic acids is 1. The van der Waals surface area contributed by atoms with Gasteiger partial charge in [0.2, 0.25) is 11.8 Å². The van der Waals surface area contributed by atoms with Crippen molar-refractivity contribution >= 4 is 17.8 Å². The fourth-order valence-electron chi connectivity index (χ4n) is 2.49. The molecule has 6 nitrogen and oxygen atoms in total. The number of carboxylic acids is 1. The second-order valence-electron chi connectivity index (χ2n) is 4.55. The van der Waals surface area contributed by atoms with Crippen LogP contribution in [0.1, 0.15) is 12.8 Å². The van der Waals surface area contributed by atoms with Crippen LogP contribution in [0.25, 0.3) is 0 Å². The number of likely N-dealkylation sites (tertiary alicyclic amines) is 1. The van der Waals surface area contributed by atoms with Gasteiger partial charge in [-0.05, 0) is 26.4 Å². The van der Waals surface area contributed by atoms with Crippen molar-refractivity contribution in [2.24, 2.45) is 17.8 Å². The second-order valence-corrected chi connectivity index (χ2v) is 4.55. The number of carbonyl (C=O) groups is 3. The van der Waals surface area contributed by atoms with E-state index in [4.69, 9.17) is 5.11 Å². The molecule has 0 radical (unpaired) electrons. The average molecular weight is 240 g/mol. The molecule has 6 heteroatoms. The third-order valence-electron chi connectivity index (χ3n) is 3.47. The summed E-state index contributed by atoms with van der Waals surface area (Å²) < 4.78 is 0. The molecule has 94 valence electrons. The van der Waals surface area contributed by atoms with Crippen LogP contribution in [0.15, 0.2) is 0 Å². The molecule has 1 aliphatic carbocycles. The summed E-state index contributed by atoms with van der Waals surface area (Å²) in [6.45, 7) is 1.26. The Morgan fingerprint density at radius 3 is 2.35 bits per heavy atom. The second kappa shape index (κ2) is 4.44. The Balaban J connectivity index is 1.86. The van der Waals surface area contributed by atoms with E-state index in [0.717, 1.165) is 19.4 Å². The first-order valence-electron chi connectivity index (χ1n) is 5.82. The van der Waals surface area contributed by atoms with Crippen LogP contribution in [0.4, 0.5) is 0 Å². The minimum absolute atomic E-state index is 0.295. The fourth-order valence-corrected chi connectivity index (χ4v) is 2.49. The predicted octanol–water partition coefficient (Wildman–Crippen LogP) is -0.698. The summed E-state index contributed by atoms with van der Waals surface area (Å²) in [6, 6.07) is 0. The van der Waals surface area contributed by atoms with Crippen molar-refractivity contribution in [3.63, 3.8) is 0 Å². The Bertz CT molecular complexity index is 346. The van der Waals surface area contributed by atoms with Crippen LogP contribution in [0, 0.1) is 17.8 Å². The average Bonchev–Trinajstić information content (AvgIpc) is 2.97. The molecule has 2 N–H and O–H groups in total. The van der Waals surface area contributed by atoms with Crippen molar-refractivity contribution in [3.8, 4) is 0 Å². The summed E-state index contributed by atoms with van der Waals surface area (Å²) in [4.78, 5) is 35.5. The van der Waals surface area contributed by atoms with Crippen LogP contribution in [0.3, 0.4) is 0 Å². The molecule has 0 aromatic heterocycles.